The molecule has 9 nitrogen and oxygen atoms in total. The summed E-state index contributed by atoms with van der Waals surface area (Å²) in [5, 5.41) is 0. The molecule has 0 bridgehead atoms. The fourth-order valence-corrected chi connectivity index (χ4v) is 4.43. The topological polar surface area (TPSA) is 118 Å². The van der Waals surface area contributed by atoms with Crippen LogP contribution in [0, 0.1) is 0 Å². The van der Waals surface area contributed by atoms with E-state index in [-0.39, 0.29) is 17.7 Å². The minimum atomic E-state index is -1.23. The molecule has 1 unspecified atom stereocenters. The Morgan fingerprint density at radius 1 is 0.581 bits per heavy atom. The zero-order chi connectivity index (χ0) is 30.0. The number of carbonyl (C=O) groups excluding carboxylic acids is 4. The molecule has 5 rings (SSSR count). The van der Waals surface area contributed by atoms with Gasteiger partial charge in [0.05, 0.1) is 0 Å². The second-order valence-electron chi connectivity index (χ2n) is 9.52. The van der Waals surface area contributed by atoms with Gasteiger partial charge in [-0.2, -0.15) is 0 Å². The summed E-state index contributed by atoms with van der Waals surface area (Å²) in [5.41, 5.74) is 1.17. The third-order valence-corrected chi connectivity index (χ3v) is 6.60. The van der Waals surface area contributed by atoms with Crippen LogP contribution in [0.5, 0.6) is 0 Å². The van der Waals surface area contributed by atoms with Crippen LogP contribution < -0.4 is 0 Å². The van der Waals surface area contributed by atoms with Crippen LogP contribution in [0.15, 0.2) is 126 Å². The van der Waals surface area contributed by atoms with Crippen molar-refractivity contribution < 1.29 is 38.1 Å². The Morgan fingerprint density at radius 3 is 1.49 bits per heavy atom. The van der Waals surface area contributed by atoms with E-state index in [1.54, 1.807) is 121 Å². The van der Waals surface area contributed by atoms with Crippen molar-refractivity contribution in [2.45, 2.75) is 24.3 Å². The van der Waals surface area contributed by atoms with Gasteiger partial charge in [-0.1, -0.05) is 0 Å². The molecule has 0 aliphatic carbocycles. The normalized spacial score (nSPS) is 19.3. The molecule has 1 heterocycles. The van der Waals surface area contributed by atoms with Gasteiger partial charge in [0.2, 0.25) is 0 Å². The molecule has 4 aromatic carbocycles. The van der Waals surface area contributed by atoms with Gasteiger partial charge in [0.15, 0.2) is 0 Å². The van der Waals surface area contributed by atoms with Gasteiger partial charge in [0.1, 0.15) is 0 Å². The maximum absolute atomic E-state index is 13.2. The zero-order valence-corrected chi connectivity index (χ0v) is 22.9. The van der Waals surface area contributed by atoms with E-state index in [4.69, 9.17) is 18.9 Å². The third-order valence-electron chi connectivity index (χ3n) is 6.60. The number of rotatable bonds is 9. The number of carbonyl (C=O) groups is 4. The van der Waals surface area contributed by atoms with Crippen LogP contribution in [0.2, 0.25) is 0 Å². The number of nitrogens with zero attached hydrogens (tertiary/aromatic N) is 1. The average molecular weight is 575 g/mol. The molecule has 1 aliphatic heterocycles. The molecule has 1 amide bonds. The summed E-state index contributed by atoms with van der Waals surface area (Å²) in [4.78, 5) is 55.8. The van der Waals surface area contributed by atoms with Crippen LogP contribution in [0.3, 0.4) is 0 Å². The van der Waals surface area contributed by atoms with E-state index in [1.807, 2.05) is 0 Å². The number of hydrogen-bond acceptors (Lipinski definition) is 8. The molecular weight excluding hydrogens is 549 g/mol. The Morgan fingerprint density at radius 2 is 1.00 bits per heavy atom. The van der Waals surface area contributed by atoms with E-state index in [0.29, 0.717) is 11.1 Å². The second-order valence-corrected chi connectivity index (χ2v) is 9.52. The van der Waals surface area contributed by atoms with Crippen LogP contribution in [-0.2, 0) is 18.9 Å². The predicted molar refractivity (Wildman–Crippen MR) is 156 cm³/mol. The van der Waals surface area contributed by atoms with E-state index in [2.05, 4.69) is 4.90 Å². The van der Waals surface area contributed by atoms with Crippen molar-refractivity contribution in [3.05, 3.63) is 144 Å². The molecule has 43 heavy (non-hydrogen) atoms. The van der Waals surface area contributed by atoms with Crippen molar-refractivity contribution in [1.29, 1.82) is 0 Å². The molecule has 4 aromatic rings. The predicted octanol–water partition coefficient (Wildman–Crippen LogP) is 4.75. The molecule has 0 radical (unpaired) electrons. The van der Waals surface area contributed by atoms with Gasteiger partial charge < -0.3 is 0 Å². The number of esters is 3. The summed E-state index contributed by atoms with van der Waals surface area (Å²) in [6, 6.07) is 32.1. The summed E-state index contributed by atoms with van der Waals surface area (Å²) in [6.45, 7) is -0.336. The fraction of sp³-hybridized carbons (Fsp3) is 0.152. The Balaban J connectivity index is 1.44. The van der Waals surface area contributed by atoms with Gasteiger partial charge in [-0.15, -0.1) is 0 Å². The first kappa shape index (κ1) is 29.3. The summed E-state index contributed by atoms with van der Waals surface area (Å²) >= 11 is 0. The van der Waals surface area contributed by atoms with Gasteiger partial charge in [-0.05, 0) is 0 Å². The van der Waals surface area contributed by atoms with Crippen LogP contribution in [0.25, 0.3) is 0 Å². The van der Waals surface area contributed by atoms with Crippen molar-refractivity contribution in [3.63, 3.8) is 0 Å². The quantitative estimate of drug-likeness (QED) is 0.160. The number of amides is 1. The number of benzene rings is 4. The Kier molecular flexibility index (Phi) is 9.61. The third kappa shape index (κ3) is 7.55. The van der Waals surface area contributed by atoms with Gasteiger partial charge in [-0.25, -0.2) is 0 Å². The molecule has 1 aliphatic rings. The molecule has 0 N–H and O–H groups in total. The second kappa shape index (κ2) is 14.1. The SMILES string of the molecule is O=C(N=B[C@@H]1O[C@H](COC(=O)c2ccccc2)C(OC(=O)c2ccccc2)[C@@H]1OC(=O)c1ccccc1)c1ccccc1. The summed E-state index contributed by atoms with van der Waals surface area (Å²) in [7, 11) is 1.21. The Bertz CT molecular complexity index is 1580. The van der Waals surface area contributed by atoms with Gasteiger partial charge >= 0.3 is 248 Å². The van der Waals surface area contributed by atoms with E-state index in [0.717, 1.165) is 0 Å². The average Bonchev–Trinajstić information content (AvgIpc) is 3.38. The Hall–Kier alpha value is -5.22. The monoisotopic (exact) mass is 575 g/mol. The van der Waals surface area contributed by atoms with Crippen molar-refractivity contribution in [3.8, 4) is 0 Å². The molecular formula is C33H26BNO8. The molecule has 0 spiro atoms. The van der Waals surface area contributed by atoms with Crippen molar-refractivity contribution in [2.75, 3.05) is 6.61 Å². The zero-order valence-electron chi connectivity index (χ0n) is 22.9. The van der Waals surface area contributed by atoms with E-state index < -0.39 is 48.1 Å². The molecule has 214 valence electrons. The summed E-state index contributed by atoms with van der Waals surface area (Å²) in [6.07, 6.45) is -3.50. The van der Waals surface area contributed by atoms with Crippen molar-refractivity contribution >= 4 is 30.9 Å². The number of ether oxygens (including phenoxy) is 4. The first-order valence-electron chi connectivity index (χ1n) is 13.5. The van der Waals surface area contributed by atoms with Crippen molar-refractivity contribution in [1.82, 2.24) is 0 Å². The first-order valence-corrected chi connectivity index (χ1v) is 13.5. The standard InChI is InChI=1S/C33H26BNO8/c36-30(22-13-5-1-6-14-22)35-34-29-28(43-33(39)25-19-11-4-12-20-25)27(42-32(38)24-17-9-3-10-18-24)26(41-29)21-40-31(37)23-15-7-2-8-16-23/h1-20,26-29H,21H2/t26-,27?,28+,29-/m1/s1. The van der Waals surface area contributed by atoms with Crippen LogP contribution in [0.1, 0.15) is 41.4 Å². The Labute approximate surface area is 248 Å². The van der Waals surface area contributed by atoms with Gasteiger partial charge in [-0.3, -0.25) is 0 Å². The molecule has 0 aromatic heterocycles. The van der Waals surface area contributed by atoms with Crippen LogP contribution in [-0.4, -0.2) is 61.8 Å². The number of hydrogen-bond donors (Lipinski definition) is 0. The van der Waals surface area contributed by atoms with Crippen LogP contribution in [0.4, 0.5) is 0 Å². The molecule has 0 saturated carbocycles. The van der Waals surface area contributed by atoms with E-state index in [1.165, 1.54) is 7.07 Å². The first-order chi connectivity index (χ1) is 21.0. The van der Waals surface area contributed by atoms with E-state index in [9.17, 15) is 19.2 Å². The maximum atomic E-state index is 13.2. The fourth-order valence-electron chi connectivity index (χ4n) is 4.43. The van der Waals surface area contributed by atoms with Gasteiger partial charge in [0, 0.05) is 0 Å². The van der Waals surface area contributed by atoms with E-state index >= 15 is 0 Å². The van der Waals surface area contributed by atoms with Crippen molar-refractivity contribution in [2.24, 2.45) is 4.90 Å². The molecule has 1 fully saturated rings. The molecule has 1 saturated heterocycles. The molecule has 4 atom stereocenters. The summed E-state index contributed by atoms with van der Waals surface area (Å²) < 4.78 is 23.3. The van der Waals surface area contributed by atoms with Crippen LogP contribution >= 0.6 is 0 Å². The van der Waals surface area contributed by atoms with Gasteiger partial charge in [0.25, 0.3) is 0 Å². The molecule has 10 heteroatoms. The summed E-state index contributed by atoms with van der Waals surface area (Å²) in [5.74, 6) is -2.57. The minimum absolute atomic E-state index is 0.255.